The number of nitrogens with zero attached hydrogens (tertiary/aromatic N) is 4. The van der Waals surface area contributed by atoms with E-state index in [1.165, 1.54) is 38.6 Å². The number of sulfonamides is 1. The van der Waals surface area contributed by atoms with Gasteiger partial charge in [-0.05, 0) is 63.0 Å². The number of hydrogen-bond donors (Lipinski definition) is 1. The van der Waals surface area contributed by atoms with Gasteiger partial charge in [-0.15, -0.1) is 0 Å². The van der Waals surface area contributed by atoms with Gasteiger partial charge in [0.2, 0.25) is 0 Å². The Morgan fingerprint density at radius 2 is 1.75 bits per heavy atom. The lowest BCUT2D eigenvalue weighted by Crippen LogP contribution is -2.47. The van der Waals surface area contributed by atoms with E-state index in [2.05, 4.69) is 15.3 Å². The number of aromatic nitrogens is 2. The normalized spacial score (nSPS) is 18.0. The predicted molar refractivity (Wildman–Crippen MR) is 181 cm³/mol. The molecular weight excluding hydrogens is 716 g/mol. The van der Waals surface area contributed by atoms with Gasteiger partial charge >= 0.3 is 12.8 Å². The Labute approximate surface area is 297 Å². The molecule has 1 aliphatic rings. The molecule has 1 aromatic heterocycles. The zero-order chi connectivity index (χ0) is 37.8. The topological polar surface area (TPSA) is 106 Å². The van der Waals surface area contributed by atoms with E-state index in [0.717, 1.165) is 28.8 Å². The number of halogens is 6. The molecule has 5 rings (SSSR count). The molecule has 17 heteroatoms. The molecule has 10 nitrogen and oxygen atoms in total. The molecule has 1 aliphatic carbocycles. The number of likely N-dealkylation sites (N-methyl/N-ethyl adjacent to an activating group) is 1. The van der Waals surface area contributed by atoms with E-state index in [1.807, 2.05) is 4.90 Å². The lowest BCUT2D eigenvalue weighted by Gasteiger charge is -2.41. The van der Waals surface area contributed by atoms with E-state index in [1.54, 1.807) is 32.3 Å². The van der Waals surface area contributed by atoms with Crippen molar-refractivity contribution >= 4 is 21.5 Å². The van der Waals surface area contributed by atoms with Crippen molar-refractivity contribution in [2.45, 2.75) is 61.5 Å². The molecule has 0 bridgehead atoms. The van der Waals surface area contributed by atoms with E-state index in [4.69, 9.17) is 14.2 Å². The van der Waals surface area contributed by atoms with Gasteiger partial charge in [0, 0.05) is 48.1 Å². The molecule has 1 N–H and O–H groups in total. The van der Waals surface area contributed by atoms with Crippen molar-refractivity contribution in [3.8, 4) is 17.2 Å². The minimum absolute atomic E-state index is 0.142. The Bertz CT molecular complexity index is 1950. The van der Waals surface area contributed by atoms with E-state index < -0.39 is 57.4 Å². The predicted octanol–water partition coefficient (Wildman–Crippen LogP) is 7.33. The maximum absolute atomic E-state index is 16.1. The fraction of sp³-hybridized carbons (Fsp3) is 0.371. The molecule has 280 valence electrons. The van der Waals surface area contributed by atoms with Crippen LogP contribution in [0.2, 0.25) is 0 Å². The van der Waals surface area contributed by atoms with E-state index in [0.29, 0.717) is 42.2 Å². The number of rotatable bonds is 13. The number of ether oxygens (including phenoxy) is 3. The van der Waals surface area contributed by atoms with Crippen LogP contribution in [0.1, 0.15) is 41.9 Å². The molecule has 1 saturated carbocycles. The maximum Gasteiger partial charge on any atom is 0.416 e. The molecule has 0 spiro atoms. The van der Waals surface area contributed by atoms with Crippen LogP contribution >= 0.6 is 0 Å². The van der Waals surface area contributed by atoms with Gasteiger partial charge in [0.1, 0.15) is 34.4 Å². The van der Waals surface area contributed by atoms with Crippen LogP contribution in [-0.4, -0.2) is 70.3 Å². The lowest BCUT2D eigenvalue weighted by atomic mass is 9.78. The first-order valence-electron chi connectivity index (χ1n) is 16.0. The molecule has 52 heavy (non-hydrogen) atoms. The molecule has 0 radical (unpaired) electrons. The number of methoxy groups -OCH3 is 2. The standard InChI is InChI=1S/C35H37F6N5O5S/c1-45(2)29-15-22(21-6-5-7-24(14-21)35(39,40)41)9-11-27(29)44-28-17-26(36)32(18-31(28)51-34(37)38)52(47,48)46(33-12-13-42-20-43-33)19-23-8-10-25(49-3)16-30(23)50-4/h5-8,10,12-14,16-18,20,22,27,29,34,44H,9,11,15,19H2,1-4H3/t22-,27?,29-/m0/s1. The minimum Gasteiger partial charge on any atom is -0.497 e. The highest BCUT2D eigenvalue weighted by atomic mass is 32.2. The highest BCUT2D eigenvalue weighted by Gasteiger charge is 2.37. The largest absolute Gasteiger partial charge is 0.497 e. The smallest absolute Gasteiger partial charge is 0.416 e. The average Bonchev–Trinajstić information content (AvgIpc) is 3.11. The zero-order valence-electron chi connectivity index (χ0n) is 28.6. The van der Waals surface area contributed by atoms with Crippen LogP contribution in [0.15, 0.2) is 78.1 Å². The summed E-state index contributed by atoms with van der Waals surface area (Å²) in [7, 11) is 1.48. The molecule has 0 saturated heterocycles. The van der Waals surface area contributed by atoms with Gasteiger partial charge in [0.15, 0.2) is 5.75 Å². The second kappa shape index (κ2) is 15.9. The number of alkyl halides is 5. The van der Waals surface area contributed by atoms with E-state index in [-0.39, 0.29) is 29.2 Å². The van der Waals surface area contributed by atoms with Crippen LogP contribution < -0.4 is 23.8 Å². The molecule has 3 aromatic carbocycles. The second-order valence-electron chi connectivity index (χ2n) is 12.3. The SMILES string of the molecule is COc1ccc(CN(c2ccncn2)S(=O)(=O)c2cc(OC(F)F)c(NC3CC[C@H](c4cccc(C(F)(F)F)c4)C[C@@H]3N(C)C)cc2F)c(OC)c1. The molecule has 1 unspecified atom stereocenters. The first-order valence-corrected chi connectivity index (χ1v) is 17.4. The third kappa shape index (κ3) is 8.63. The van der Waals surface area contributed by atoms with Crippen LogP contribution in [0.25, 0.3) is 0 Å². The molecule has 1 heterocycles. The summed E-state index contributed by atoms with van der Waals surface area (Å²) in [5, 5.41) is 3.06. The van der Waals surface area contributed by atoms with Crippen molar-refractivity contribution in [1.82, 2.24) is 14.9 Å². The van der Waals surface area contributed by atoms with Crippen LogP contribution in [-0.2, 0) is 22.7 Å². The summed E-state index contributed by atoms with van der Waals surface area (Å²) in [5.41, 5.74) is -0.115. The number of hydrogen-bond acceptors (Lipinski definition) is 9. The van der Waals surface area contributed by atoms with Crippen molar-refractivity contribution in [2.75, 3.05) is 37.9 Å². The molecule has 3 atom stereocenters. The Hall–Kier alpha value is -4.77. The summed E-state index contributed by atoms with van der Waals surface area (Å²) < 4.78 is 129. The van der Waals surface area contributed by atoms with E-state index in [9.17, 15) is 30.4 Å². The van der Waals surface area contributed by atoms with Crippen molar-refractivity contribution < 1.29 is 49.0 Å². The Kier molecular flexibility index (Phi) is 11.7. The van der Waals surface area contributed by atoms with Crippen LogP contribution in [0.3, 0.4) is 0 Å². The summed E-state index contributed by atoms with van der Waals surface area (Å²) in [6, 6.07) is 11.7. The van der Waals surface area contributed by atoms with Crippen LogP contribution in [0.5, 0.6) is 17.2 Å². The van der Waals surface area contributed by atoms with Gasteiger partial charge in [0.25, 0.3) is 10.0 Å². The number of nitrogens with one attached hydrogen (secondary N) is 1. The summed E-state index contributed by atoms with van der Waals surface area (Å²) in [4.78, 5) is 8.75. The third-order valence-corrected chi connectivity index (χ3v) is 10.7. The highest BCUT2D eigenvalue weighted by molar-refractivity contribution is 7.92. The first kappa shape index (κ1) is 38.5. The van der Waals surface area contributed by atoms with Gasteiger partial charge in [-0.2, -0.15) is 22.0 Å². The first-order chi connectivity index (χ1) is 24.6. The van der Waals surface area contributed by atoms with Crippen molar-refractivity contribution in [3.63, 3.8) is 0 Å². The molecule has 0 aliphatic heterocycles. The van der Waals surface area contributed by atoms with E-state index >= 15 is 4.39 Å². The Morgan fingerprint density at radius 3 is 2.38 bits per heavy atom. The Balaban J connectivity index is 1.49. The highest BCUT2D eigenvalue weighted by Crippen LogP contribution is 2.41. The minimum atomic E-state index is -4.87. The molecule has 0 amide bonds. The second-order valence-corrected chi connectivity index (χ2v) is 14.2. The van der Waals surface area contributed by atoms with Crippen LogP contribution in [0, 0.1) is 5.82 Å². The number of benzene rings is 3. The fourth-order valence-electron chi connectivity index (χ4n) is 6.37. The number of anilines is 2. The molecule has 1 fully saturated rings. The fourth-order valence-corrected chi connectivity index (χ4v) is 7.83. The maximum atomic E-state index is 16.1. The molecular formula is C35H37F6N5O5S. The molecule has 4 aromatic rings. The Morgan fingerprint density at radius 1 is 0.981 bits per heavy atom. The zero-order valence-corrected chi connectivity index (χ0v) is 29.4. The van der Waals surface area contributed by atoms with Crippen molar-refractivity contribution in [2.24, 2.45) is 0 Å². The summed E-state index contributed by atoms with van der Waals surface area (Å²) >= 11 is 0. The average molecular weight is 754 g/mol. The quantitative estimate of drug-likeness (QED) is 0.141. The summed E-state index contributed by atoms with van der Waals surface area (Å²) in [5.74, 6) is -1.58. The van der Waals surface area contributed by atoms with Gasteiger partial charge in [0.05, 0.1) is 32.0 Å². The van der Waals surface area contributed by atoms with Gasteiger partial charge in [-0.25, -0.2) is 27.1 Å². The van der Waals surface area contributed by atoms with Gasteiger partial charge in [-0.3, -0.25) is 0 Å². The van der Waals surface area contributed by atoms with Crippen LogP contribution in [0.4, 0.5) is 37.8 Å². The summed E-state index contributed by atoms with van der Waals surface area (Å²) in [6.45, 7) is -3.80. The summed E-state index contributed by atoms with van der Waals surface area (Å²) in [6.07, 6.45) is -0.922. The third-order valence-electron chi connectivity index (χ3n) is 8.95. The van der Waals surface area contributed by atoms with Crippen molar-refractivity contribution in [1.29, 1.82) is 0 Å². The van der Waals surface area contributed by atoms with Gasteiger partial charge < -0.3 is 24.4 Å². The van der Waals surface area contributed by atoms with Crippen molar-refractivity contribution in [3.05, 3.63) is 95.7 Å². The monoisotopic (exact) mass is 753 g/mol. The lowest BCUT2D eigenvalue weighted by molar-refractivity contribution is -0.137. The van der Waals surface area contributed by atoms with Gasteiger partial charge in [-0.1, -0.05) is 18.2 Å².